The van der Waals surface area contributed by atoms with Crippen molar-refractivity contribution >= 4 is 33.2 Å². The maximum Gasteiger partial charge on any atom is 0.206 e. The highest BCUT2D eigenvalue weighted by Crippen LogP contribution is 2.36. The first kappa shape index (κ1) is 17.3. The van der Waals surface area contributed by atoms with Gasteiger partial charge in [-0.15, -0.1) is 10.2 Å². The second-order valence-electron chi connectivity index (χ2n) is 5.43. The highest BCUT2D eigenvalue weighted by molar-refractivity contribution is 8.76. The Bertz CT molecular complexity index is 970. The van der Waals surface area contributed by atoms with Crippen LogP contribution < -0.4 is 0 Å². The van der Waals surface area contributed by atoms with Gasteiger partial charge >= 0.3 is 0 Å². The van der Waals surface area contributed by atoms with Crippen LogP contribution in [0.1, 0.15) is 5.56 Å². The van der Waals surface area contributed by atoms with Crippen LogP contribution in [0.25, 0.3) is 17.3 Å². The summed E-state index contributed by atoms with van der Waals surface area (Å²) in [5, 5.41) is 10.2. The largest absolute Gasteiger partial charge is 0.461 e. The van der Waals surface area contributed by atoms with Gasteiger partial charge in [-0.2, -0.15) is 0 Å². The molecule has 0 saturated heterocycles. The van der Waals surface area contributed by atoms with Crippen LogP contribution in [0.5, 0.6) is 0 Å². The summed E-state index contributed by atoms with van der Waals surface area (Å²) >= 11 is 6.04. The third-order valence-electron chi connectivity index (χ3n) is 3.66. The molecule has 130 valence electrons. The molecule has 2 heterocycles. The van der Waals surface area contributed by atoms with Gasteiger partial charge < -0.3 is 4.42 Å². The summed E-state index contributed by atoms with van der Waals surface area (Å²) in [5.74, 6) is 2.22. The SMILES string of the molecule is Clc1ccc(-n2c(SSCc3ccccc3)nnc2-c2ccco2)cc1. The Morgan fingerprint density at radius 3 is 2.46 bits per heavy atom. The normalized spacial score (nSPS) is 11.0. The molecule has 4 nitrogen and oxygen atoms in total. The average Bonchev–Trinajstić information content (AvgIpc) is 3.33. The van der Waals surface area contributed by atoms with E-state index in [0.29, 0.717) is 16.6 Å². The van der Waals surface area contributed by atoms with Crippen LogP contribution in [0.2, 0.25) is 5.02 Å². The highest BCUT2D eigenvalue weighted by Gasteiger charge is 2.18. The summed E-state index contributed by atoms with van der Waals surface area (Å²) in [7, 11) is 3.31. The number of nitrogens with zero attached hydrogens (tertiary/aromatic N) is 3. The minimum Gasteiger partial charge on any atom is -0.461 e. The zero-order valence-corrected chi connectivity index (χ0v) is 16.0. The molecule has 2 aromatic heterocycles. The van der Waals surface area contributed by atoms with Crippen LogP contribution in [0, 0.1) is 0 Å². The van der Waals surface area contributed by atoms with Gasteiger partial charge in [0.05, 0.1) is 6.26 Å². The van der Waals surface area contributed by atoms with Crippen LogP contribution in [-0.4, -0.2) is 14.8 Å². The predicted molar refractivity (Wildman–Crippen MR) is 108 cm³/mol. The molecule has 4 aromatic rings. The van der Waals surface area contributed by atoms with Crippen LogP contribution in [0.4, 0.5) is 0 Å². The molecule has 0 amide bonds. The van der Waals surface area contributed by atoms with Gasteiger partial charge in [0.15, 0.2) is 5.76 Å². The molecule has 26 heavy (non-hydrogen) atoms. The molecule has 0 saturated carbocycles. The first-order chi connectivity index (χ1) is 12.8. The minimum absolute atomic E-state index is 0.667. The van der Waals surface area contributed by atoms with E-state index in [-0.39, 0.29) is 0 Å². The van der Waals surface area contributed by atoms with Gasteiger partial charge in [0.1, 0.15) is 0 Å². The molecular formula is C19H14ClN3OS2. The van der Waals surface area contributed by atoms with Crippen molar-refractivity contribution in [2.45, 2.75) is 10.9 Å². The first-order valence-electron chi connectivity index (χ1n) is 7.90. The quantitative estimate of drug-likeness (QED) is 0.365. The van der Waals surface area contributed by atoms with E-state index < -0.39 is 0 Å². The zero-order valence-electron chi connectivity index (χ0n) is 13.6. The van der Waals surface area contributed by atoms with Gasteiger partial charge in [0.2, 0.25) is 11.0 Å². The second-order valence-corrected chi connectivity index (χ2v) is 8.13. The molecule has 2 aromatic carbocycles. The lowest BCUT2D eigenvalue weighted by Gasteiger charge is -2.09. The van der Waals surface area contributed by atoms with Crippen LogP contribution >= 0.6 is 33.2 Å². The fourth-order valence-electron chi connectivity index (χ4n) is 2.44. The van der Waals surface area contributed by atoms with E-state index in [2.05, 4.69) is 22.3 Å². The summed E-state index contributed by atoms with van der Waals surface area (Å²) in [6.07, 6.45) is 1.63. The molecule has 0 N–H and O–H groups in total. The predicted octanol–water partition coefficient (Wildman–Crippen LogP) is 6.12. The fraction of sp³-hybridized carbons (Fsp3) is 0.0526. The third kappa shape index (κ3) is 3.82. The van der Waals surface area contributed by atoms with Gasteiger partial charge in [-0.1, -0.05) is 52.7 Å². The van der Waals surface area contributed by atoms with Crippen molar-refractivity contribution in [1.82, 2.24) is 14.8 Å². The summed E-state index contributed by atoms with van der Waals surface area (Å²) in [5.41, 5.74) is 2.21. The molecule has 0 fully saturated rings. The maximum absolute atomic E-state index is 6.04. The van der Waals surface area contributed by atoms with Gasteiger partial charge in [-0.25, -0.2) is 0 Å². The van der Waals surface area contributed by atoms with E-state index in [1.807, 2.05) is 59.2 Å². The van der Waals surface area contributed by atoms with Crippen molar-refractivity contribution in [3.63, 3.8) is 0 Å². The molecule has 0 radical (unpaired) electrons. The lowest BCUT2D eigenvalue weighted by atomic mass is 10.2. The molecule has 0 bridgehead atoms. The van der Waals surface area contributed by atoms with Crippen molar-refractivity contribution in [2.24, 2.45) is 0 Å². The van der Waals surface area contributed by atoms with Gasteiger partial charge in [0, 0.05) is 16.5 Å². The summed E-state index contributed by atoms with van der Waals surface area (Å²) in [6.45, 7) is 0. The Morgan fingerprint density at radius 2 is 1.73 bits per heavy atom. The Kier molecular flexibility index (Phi) is 5.34. The number of aromatic nitrogens is 3. The topological polar surface area (TPSA) is 43.9 Å². The van der Waals surface area contributed by atoms with Crippen LogP contribution in [0.3, 0.4) is 0 Å². The van der Waals surface area contributed by atoms with E-state index in [1.165, 1.54) is 5.56 Å². The Balaban J connectivity index is 1.63. The summed E-state index contributed by atoms with van der Waals surface area (Å²) in [6, 6.07) is 21.7. The fourth-order valence-corrected chi connectivity index (χ4v) is 4.62. The van der Waals surface area contributed by atoms with Gasteiger partial charge in [0.25, 0.3) is 0 Å². The van der Waals surface area contributed by atoms with Crippen LogP contribution in [-0.2, 0) is 5.75 Å². The van der Waals surface area contributed by atoms with Crippen molar-refractivity contribution in [3.8, 4) is 17.3 Å². The number of hydrogen-bond acceptors (Lipinski definition) is 5. The molecular weight excluding hydrogens is 386 g/mol. The Labute approximate surface area is 164 Å². The third-order valence-corrected chi connectivity index (χ3v) is 6.05. The maximum atomic E-state index is 6.04. The van der Waals surface area contributed by atoms with Crippen LogP contribution in [0.15, 0.2) is 82.6 Å². The van der Waals surface area contributed by atoms with Crippen molar-refractivity contribution in [2.75, 3.05) is 0 Å². The van der Waals surface area contributed by atoms with Crippen molar-refractivity contribution in [1.29, 1.82) is 0 Å². The minimum atomic E-state index is 0.667. The van der Waals surface area contributed by atoms with Crippen molar-refractivity contribution in [3.05, 3.63) is 83.6 Å². The van der Waals surface area contributed by atoms with E-state index >= 15 is 0 Å². The zero-order chi connectivity index (χ0) is 17.8. The molecule has 4 rings (SSSR count). The van der Waals surface area contributed by atoms with E-state index in [9.17, 15) is 0 Å². The Hall–Kier alpha value is -2.15. The molecule has 7 heteroatoms. The molecule has 0 unspecified atom stereocenters. The molecule has 0 aliphatic heterocycles. The monoisotopic (exact) mass is 399 g/mol. The smallest absolute Gasteiger partial charge is 0.206 e. The second kappa shape index (κ2) is 8.03. The molecule has 0 atom stereocenters. The van der Waals surface area contributed by atoms with Gasteiger partial charge in [-0.3, -0.25) is 4.57 Å². The number of rotatable bonds is 6. The number of hydrogen-bond donors (Lipinski definition) is 0. The first-order valence-corrected chi connectivity index (χ1v) is 10.6. The van der Waals surface area contributed by atoms with E-state index in [0.717, 1.165) is 16.6 Å². The molecule has 0 aliphatic carbocycles. The molecule has 0 spiro atoms. The number of halogens is 1. The van der Waals surface area contributed by atoms with E-state index in [4.69, 9.17) is 16.0 Å². The average molecular weight is 400 g/mol. The highest BCUT2D eigenvalue weighted by atomic mass is 35.5. The number of furan rings is 1. The van der Waals surface area contributed by atoms with E-state index in [1.54, 1.807) is 27.9 Å². The Morgan fingerprint density at radius 1 is 0.923 bits per heavy atom. The lowest BCUT2D eigenvalue weighted by molar-refractivity contribution is 0.575. The van der Waals surface area contributed by atoms with Crippen molar-refractivity contribution < 1.29 is 4.42 Å². The summed E-state index contributed by atoms with van der Waals surface area (Å²) < 4.78 is 7.51. The lowest BCUT2D eigenvalue weighted by Crippen LogP contribution is -1.98. The molecule has 0 aliphatic rings. The summed E-state index contributed by atoms with van der Waals surface area (Å²) in [4.78, 5) is 0. The number of benzene rings is 2. The van der Waals surface area contributed by atoms with Gasteiger partial charge in [-0.05, 0) is 52.8 Å². The standard InChI is InChI=1S/C19H14ClN3OS2/c20-15-8-10-16(11-9-15)23-18(17-7-4-12-24-17)21-22-19(23)26-25-13-14-5-2-1-3-6-14/h1-12H,13H2.